The summed E-state index contributed by atoms with van der Waals surface area (Å²) in [7, 11) is 2.00. The van der Waals surface area contributed by atoms with Gasteiger partial charge >= 0.3 is 0 Å². The van der Waals surface area contributed by atoms with E-state index in [-0.39, 0.29) is 0 Å². The molecule has 2 rings (SSSR count). The maximum atomic E-state index is 5.99. The molecule has 0 bridgehead atoms. The molecule has 0 radical (unpaired) electrons. The second kappa shape index (κ2) is 8.85. The lowest BCUT2D eigenvalue weighted by Crippen LogP contribution is -2.14. The van der Waals surface area contributed by atoms with Gasteiger partial charge in [0.1, 0.15) is 5.75 Å². The van der Waals surface area contributed by atoms with Crippen molar-refractivity contribution in [2.75, 3.05) is 13.6 Å². The molecule has 0 saturated carbocycles. The van der Waals surface area contributed by atoms with Gasteiger partial charge in [-0.3, -0.25) is 0 Å². The second-order valence-electron chi connectivity index (χ2n) is 6.17. The normalized spacial score (nSPS) is 11.3. The van der Waals surface area contributed by atoms with Crippen LogP contribution in [0.2, 0.25) is 0 Å². The van der Waals surface area contributed by atoms with Crippen LogP contribution in [0.15, 0.2) is 34.5 Å². The Morgan fingerprint density at radius 1 is 1.28 bits per heavy atom. The number of aromatic nitrogens is 2. The van der Waals surface area contributed by atoms with E-state index in [1.54, 1.807) is 24.0 Å². The third-order valence-corrected chi connectivity index (χ3v) is 4.43. The van der Waals surface area contributed by atoms with E-state index < -0.39 is 0 Å². The van der Waals surface area contributed by atoms with Gasteiger partial charge in [-0.15, -0.1) is 0 Å². The van der Waals surface area contributed by atoms with Crippen molar-refractivity contribution in [1.29, 1.82) is 0 Å². The minimum Gasteiger partial charge on any atom is -0.439 e. The Morgan fingerprint density at radius 2 is 2.04 bits per heavy atom. The number of thioether (sulfide) groups is 1. The van der Waals surface area contributed by atoms with Gasteiger partial charge in [0.15, 0.2) is 5.16 Å². The molecule has 0 aliphatic heterocycles. The third-order valence-electron chi connectivity index (χ3n) is 3.55. The Morgan fingerprint density at radius 3 is 2.72 bits per heavy atom. The van der Waals surface area contributed by atoms with E-state index in [1.807, 2.05) is 44.3 Å². The summed E-state index contributed by atoms with van der Waals surface area (Å²) in [6, 6.07) is 5.82. The maximum absolute atomic E-state index is 5.99. The van der Waals surface area contributed by atoms with Crippen molar-refractivity contribution in [3.63, 3.8) is 0 Å². The number of nitrogens with zero attached hydrogens (tertiary/aromatic N) is 4. The highest BCUT2D eigenvalue weighted by Gasteiger charge is 2.09. The van der Waals surface area contributed by atoms with E-state index in [4.69, 9.17) is 4.74 Å². The van der Waals surface area contributed by atoms with Gasteiger partial charge in [-0.05, 0) is 44.0 Å². The van der Waals surface area contributed by atoms with Crippen molar-refractivity contribution in [2.45, 2.75) is 45.0 Å². The number of ether oxygens (including phenoxy) is 1. The SMILES string of the molecule is CCN(C)/C=N/c1cc(C)c(Oc2ccnc(SC(C)C)n2)cc1C. The highest BCUT2D eigenvalue weighted by molar-refractivity contribution is 7.99. The Labute approximate surface area is 154 Å². The van der Waals surface area contributed by atoms with E-state index in [0.717, 1.165) is 34.3 Å². The minimum atomic E-state index is 0.428. The topological polar surface area (TPSA) is 50.6 Å². The molecule has 6 heteroatoms. The number of rotatable bonds is 7. The molecule has 0 spiro atoms. The molecule has 0 amide bonds. The summed E-state index contributed by atoms with van der Waals surface area (Å²) >= 11 is 1.62. The second-order valence-corrected chi connectivity index (χ2v) is 7.71. The number of aliphatic imine (C=N–C) groups is 1. The molecule has 0 atom stereocenters. The fraction of sp³-hybridized carbons (Fsp3) is 0.421. The summed E-state index contributed by atoms with van der Waals surface area (Å²) in [6.07, 6.45) is 3.58. The van der Waals surface area contributed by atoms with E-state index in [1.165, 1.54) is 0 Å². The zero-order valence-electron chi connectivity index (χ0n) is 15.8. The van der Waals surface area contributed by atoms with Gasteiger partial charge in [0.05, 0.1) is 12.0 Å². The standard InChI is InChI=1S/C19H26N4OS/c1-7-23(6)12-21-16-10-15(5)17(11-14(16)4)24-18-8-9-20-19(22-18)25-13(2)3/h8-13H,7H2,1-6H3/b21-12+. The lowest BCUT2D eigenvalue weighted by Gasteiger charge is -2.12. The first-order valence-corrected chi connectivity index (χ1v) is 9.30. The van der Waals surface area contributed by atoms with Crippen molar-refractivity contribution < 1.29 is 4.74 Å². The molecule has 0 saturated heterocycles. The van der Waals surface area contributed by atoms with Crippen LogP contribution in [0.25, 0.3) is 0 Å². The van der Waals surface area contributed by atoms with Crippen LogP contribution < -0.4 is 4.74 Å². The molecule has 0 N–H and O–H groups in total. The lowest BCUT2D eigenvalue weighted by atomic mass is 10.1. The Hall–Kier alpha value is -2.08. The monoisotopic (exact) mass is 358 g/mol. The largest absolute Gasteiger partial charge is 0.439 e. The van der Waals surface area contributed by atoms with E-state index >= 15 is 0 Å². The molecule has 0 unspecified atom stereocenters. The quantitative estimate of drug-likeness (QED) is 0.302. The van der Waals surface area contributed by atoms with Crippen LogP contribution in [0.5, 0.6) is 11.6 Å². The van der Waals surface area contributed by atoms with Crippen LogP contribution in [-0.4, -0.2) is 40.0 Å². The van der Waals surface area contributed by atoms with Gasteiger partial charge in [0, 0.05) is 31.1 Å². The first-order valence-electron chi connectivity index (χ1n) is 8.42. The molecule has 1 heterocycles. The fourth-order valence-electron chi connectivity index (χ4n) is 2.03. The smallest absolute Gasteiger partial charge is 0.223 e. The van der Waals surface area contributed by atoms with Crippen LogP contribution >= 0.6 is 11.8 Å². The van der Waals surface area contributed by atoms with Gasteiger partial charge in [0.25, 0.3) is 0 Å². The molecule has 2 aromatic rings. The van der Waals surface area contributed by atoms with Crippen molar-refractivity contribution in [1.82, 2.24) is 14.9 Å². The molecule has 1 aromatic heterocycles. The van der Waals surface area contributed by atoms with Crippen LogP contribution in [0.4, 0.5) is 5.69 Å². The first-order chi connectivity index (χ1) is 11.9. The fourth-order valence-corrected chi connectivity index (χ4v) is 2.71. The maximum Gasteiger partial charge on any atom is 0.223 e. The van der Waals surface area contributed by atoms with Gasteiger partial charge in [0.2, 0.25) is 5.88 Å². The van der Waals surface area contributed by atoms with Gasteiger partial charge in [-0.2, -0.15) is 4.98 Å². The highest BCUT2D eigenvalue weighted by atomic mass is 32.2. The van der Waals surface area contributed by atoms with E-state index in [2.05, 4.69) is 35.7 Å². The summed E-state index contributed by atoms with van der Waals surface area (Å²) < 4.78 is 5.99. The van der Waals surface area contributed by atoms with Crippen LogP contribution in [0, 0.1) is 13.8 Å². The molecule has 5 nitrogen and oxygen atoms in total. The van der Waals surface area contributed by atoms with Crippen LogP contribution in [-0.2, 0) is 0 Å². The van der Waals surface area contributed by atoms with E-state index in [9.17, 15) is 0 Å². The lowest BCUT2D eigenvalue weighted by molar-refractivity contribution is 0.452. The molecular weight excluding hydrogens is 332 g/mol. The Bertz CT molecular complexity index is 746. The molecule has 0 aliphatic carbocycles. The van der Waals surface area contributed by atoms with Crippen molar-refractivity contribution in [3.8, 4) is 11.6 Å². The summed E-state index contributed by atoms with van der Waals surface area (Å²) in [5.74, 6) is 1.35. The minimum absolute atomic E-state index is 0.428. The average Bonchev–Trinajstić information content (AvgIpc) is 2.56. The van der Waals surface area contributed by atoms with Crippen molar-refractivity contribution >= 4 is 23.8 Å². The zero-order chi connectivity index (χ0) is 18.4. The predicted octanol–water partition coefficient (Wildman–Crippen LogP) is 5.00. The molecular formula is C19H26N4OS. The molecule has 0 aliphatic rings. The zero-order valence-corrected chi connectivity index (χ0v) is 16.6. The molecule has 25 heavy (non-hydrogen) atoms. The number of hydrogen-bond acceptors (Lipinski definition) is 5. The van der Waals surface area contributed by atoms with Gasteiger partial charge < -0.3 is 9.64 Å². The Kier molecular flexibility index (Phi) is 6.82. The number of benzene rings is 1. The molecule has 1 aromatic carbocycles. The van der Waals surface area contributed by atoms with Gasteiger partial charge in [-0.1, -0.05) is 25.6 Å². The Balaban J connectivity index is 2.21. The highest BCUT2D eigenvalue weighted by Crippen LogP contribution is 2.31. The third kappa shape index (κ3) is 5.74. The van der Waals surface area contributed by atoms with Crippen LogP contribution in [0.1, 0.15) is 31.9 Å². The van der Waals surface area contributed by atoms with Crippen molar-refractivity contribution in [2.24, 2.45) is 4.99 Å². The average molecular weight is 359 g/mol. The predicted molar refractivity (Wildman–Crippen MR) is 105 cm³/mol. The summed E-state index contributed by atoms with van der Waals surface area (Å²) in [6.45, 7) is 11.3. The van der Waals surface area contributed by atoms with Gasteiger partial charge in [-0.25, -0.2) is 9.98 Å². The summed E-state index contributed by atoms with van der Waals surface area (Å²) in [4.78, 5) is 15.3. The van der Waals surface area contributed by atoms with Crippen LogP contribution in [0.3, 0.4) is 0 Å². The first kappa shape index (κ1) is 19.2. The molecule has 134 valence electrons. The summed E-state index contributed by atoms with van der Waals surface area (Å²) in [5.41, 5.74) is 3.03. The molecule has 0 fully saturated rings. The number of aryl methyl sites for hydroxylation is 2. The summed E-state index contributed by atoms with van der Waals surface area (Å²) in [5, 5.41) is 1.16. The number of hydrogen-bond donors (Lipinski definition) is 0. The van der Waals surface area contributed by atoms with Crippen molar-refractivity contribution in [3.05, 3.63) is 35.5 Å². The van der Waals surface area contributed by atoms with E-state index in [0.29, 0.717) is 11.1 Å².